The van der Waals surface area contributed by atoms with Crippen molar-refractivity contribution in [3.8, 4) is 12.3 Å². The van der Waals surface area contributed by atoms with Crippen LogP contribution in [0, 0.1) is 12.3 Å². The van der Waals surface area contributed by atoms with Crippen molar-refractivity contribution in [1.82, 2.24) is 0 Å². The van der Waals surface area contributed by atoms with Gasteiger partial charge in [-0.25, -0.2) is 0 Å². The molecule has 0 aromatic carbocycles. The van der Waals surface area contributed by atoms with Crippen LogP contribution >= 0.6 is 11.6 Å². The van der Waals surface area contributed by atoms with Gasteiger partial charge >= 0.3 is 0 Å². The lowest BCUT2D eigenvalue weighted by atomic mass is 10.2. The molecule has 0 aromatic rings. The van der Waals surface area contributed by atoms with Crippen LogP contribution in [0.5, 0.6) is 0 Å². The second kappa shape index (κ2) is 6.27. The van der Waals surface area contributed by atoms with Crippen molar-refractivity contribution in [3.63, 3.8) is 0 Å². The number of methoxy groups -OCH3 is 1. The third kappa shape index (κ3) is 4.89. The molecule has 0 spiro atoms. The summed E-state index contributed by atoms with van der Waals surface area (Å²) in [5.74, 6) is 2.41. The summed E-state index contributed by atoms with van der Waals surface area (Å²) in [6, 6.07) is 0. The Balaban J connectivity index is 3.71. The van der Waals surface area contributed by atoms with Gasteiger partial charge in [0.1, 0.15) is 0 Å². The van der Waals surface area contributed by atoms with E-state index in [1.807, 2.05) is 13.0 Å². The molecule has 0 heterocycles. The Morgan fingerprint density at radius 3 is 2.73 bits per heavy atom. The molecule has 0 bridgehead atoms. The van der Waals surface area contributed by atoms with Gasteiger partial charge in [-0.1, -0.05) is 12.0 Å². The molecule has 1 nitrogen and oxygen atoms in total. The predicted molar refractivity (Wildman–Crippen MR) is 48.7 cm³/mol. The van der Waals surface area contributed by atoms with Gasteiger partial charge in [0, 0.05) is 7.11 Å². The van der Waals surface area contributed by atoms with Crippen LogP contribution in [0.1, 0.15) is 13.3 Å². The minimum Gasteiger partial charge on any atom is -0.380 e. The van der Waals surface area contributed by atoms with E-state index in [9.17, 15) is 0 Å². The van der Waals surface area contributed by atoms with Crippen LogP contribution in [0.15, 0.2) is 12.2 Å². The van der Waals surface area contributed by atoms with Crippen molar-refractivity contribution in [1.29, 1.82) is 0 Å². The summed E-state index contributed by atoms with van der Waals surface area (Å²) >= 11 is 5.81. The van der Waals surface area contributed by atoms with Crippen molar-refractivity contribution >= 4 is 11.6 Å². The molecule has 2 atom stereocenters. The Kier molecular flexibility index (Phi) is 6.02. The lowest BCUT2D eigenvalue weighted by molar-refractivity contribution is 0.105. The highest BCUT2D eigenvalue weighted by Crippen LogP contribution is 2.09. The highest BCUT2D eigenvalue weighted by atomic mass is 35.5. The Bertz CT molecular complexity index is 155. The second-order valence-corrected chi connectivity index (χ2v) is 2.94. The molecule has 0 radical (unpaired) electrons. The molecule has 11 heavy (non-hydrogen) atoms. The van der Waals surface area contributed by atoms with E-state index in [0.717, 1.165) is 6.42 Å². The molecule has 0 aliphatic heterocycles. The van der Waals surface area contributed by atoms with Gasteiger partial charge in [0.2, 0.25) is 0 Å². The minimum absolute atomic E-state index is 0.0161. The molecule has 0 saturated carbocycles. The number of rotatable bonds is 4. The topological polar surface area (TPSA) is 9.23 Å². The molecule has 2 heteroatoms. The van der Waals surface area contributed by atoms with E-state index < -0.39 is 0 Å². The van der Waals surface area contributed by atoms with Gasteiger partial charge in [0.15, 0.2) is 0 Å². The molecule has 0 aliphatic carbocycles. The van der Waals surface area contributed by atoms with Crippen LogP contribution in [0.25, 0.3) is 0 Å². The maximum atomic E-state index is 5.81. The second-order valence-electron chi connectivity index (χ2n) is 2.26. The number of terminal acetylenes is 1. The first-order valence-electron chi connectivity index (χ1n) is 3.50. The maximum Gasteiger partial charge on any atom is 0.0766 e. The summed E-state index contributed by atoms with van der Waals surface area (Å²) in [6.07, 6.45) is 9.39. The molecule has 2 unspecified atom stereocenters. The van der Waals surface area contributed by atoms with E-state index in [-0.39, 0.29) is 11.5 Å². The Morgan fingerprint density at radius 2 is 2.36 bits per heavy atom. The average Bonchev–Trinajstić information content (AvgIpc) is 1.97. The van der Waals surface area contributed by atoms with Gasteiger partial charge in [0.25, 0.3) is 0 Å². The monoisotopic (exact) mass is 172 g/mol. The number of hydrogen-bond donors (Lipinski definition) is 0. The Morgan fingerprint density at radius 1 is 1.73 bits per heavy atom. The maximum absolute atomic E-state index is 5.81. The number of hydrogen-bond acceptors (Lipinski definition) is 1. The third-order valence-electron chi connectivity index (χ3n) is 1.40. The van der Waals surface area contributed by atoms with Crippen LogP contribution in [0.2, 0.25) is 0 Å². The van der Waals surface area contributed by atoms with Gasteiger partial charge in [-0.05, 0) is 19.4 Å². The molecule has 0 aromatic heterocycles. The van der Waals surface area contributed by atoms with E-state index in [0.29, 0.717) is 0 Å². The smallest absolute Gasteiger partial charge is 0.0766 e. The van der Waals surface area contributed by atoms with Crippen molar-refractivity contribution < 1.29 is 4.74 Å². The Hall–Kier alpha value is -0.450. The fourth-order valence-electron chi connectivity index (χ4n) is 0.741. The standard InChI is InChI=1S/C9H13ClO/c1-4-5-6-7-9(11-3)8(2)10/h1,5-6,8-9H,7H2,2-3H3/b6-5+. The zero-order valence-corrected chi connectivity index (χ0v) is 7.64. The van der Waals surface area contributed by atoms with E-state index in [4.69, 9.17) is 22.8 Å². The predicted octanol–water partition coefficient (Wildman–Crippen LogP) is 2.21. The van der Waals surface area contributed by atoms with Gasteiger partial charge in [-0.15, -0.1) is 18.0 Å². The van der Waals surface area contributed by atoms with Crippen LogP contribution in [0.4, 0.5) is 0 Å². The van der Waals surface area contributed by atoms with E-state index in [1.165, 1.54) is 0 Å². The summed E-state index contributed by atoms with van der Waals surface area (Å²) in [5.41, 5.74) is 0. The van der Waals surface area contributed by atoms with Crippen molar-refractivity contribution in [2.24, 2.45) is 0 Å². The Labute approximate surface area is 73.4 Å². The first-order valence-corrected chi connectivity index (χ1v) is 3.94. The summed E-state index contributed by atoms with van der Waals surface area (Å²) in [7, 11) is 1.65. The fourth-order valence-corrected chi connectivity index (χ4v) is 0.947. The van der Waals surface area contributed by atoms with Crippen LogP contribution < -0.4 is 0 Å². The van der Waals surface area contributed by atoms with E-state index in [1.54, 1.807) is 13.2 Å². The van der Waals surface area contributed by atoms with Crippen LogP contribution in [0.3, 0.4) is 0 Å². The molecule has 62 valence electrons. The van der Waals surface area contributed by atoms with E-state index in [2.05, 4.69) is 5.92 Å². The van der Waals surface area contributed by atoms with Crippen molar-refractivity contribution in [2.75, 3.05) is 7.11 Å². The van der Waals surface area contributed by atoms with E-state index >= 15 is 0 Å². The molecule has 0 aliphatic rings. The highest BCUT2D eigenvalue weighted by molar-refractivity contribution is 6.20. The molecule has 0 amide bonds. The first kappa shape index (κ1) is 10.6. The van der Waals surface area contributed by atoms with Gasteiger partial charge in [-0.2, -0.15) is 0 Å². The zero-order chi connectivity index (χ0) is 8.69. The lowest BCUT2D eigenvalue weighted by Gasteiger charge is -2.14. The SMILES string of the molecule is C#C/C=C/CC(OC)C(C)Cl. The summed E-state index contributed by atoms with van der Waals surface area (Å²) < 4.78 is 5.11. The normalized spacial score (nSPS) is 16.2. The van der Waals surface area contributed by atoms with Crippen LogP contribution in [-0.4, -0.2) is 18.6 Å². The molecule has 0 saturated heterocycles. The number of alkyl halides is 1. The summed E-state index contributed by atoms with van der Waals surface area (Å²) in [5, 5.41) is 0.0161. The average molecular weight is 173 g/mol. The summed E-state index contributed by atoms with van der Waals surface area (Å²) in [4.78, 5) is 0. The van der Waals surface area contributed by atoms with Gasteiger partial charge < -0.3 is 4.74 Å². The molecule has 0 N–H and O–H groups in total. The fraction of sp³-hybridized carbons (Fsp3) is 0.556. The van der Waals surface area contributed by atoms with Crippen molar-refractivity contribution in [3.05, 3.63) is 12.2 Å². The molecule has 0 fully saturated rings. The zero-order valence-electron chi connectivity index (χ0n) is 6.88. The quantitative estimate of drug-likeness (QED) is 0.467. The minimum atomic E-state index is 0.0161. The van der Waals surface area contributed by atoms with Crippen LogP contribution in [-0.2, 0) is 4.74 Å². The molecular formula is C9H13ClO. The molecular weight excluding hydrogens is 160 g/mol. The molecule has 0 rings (SSSR count). The number of halogens is 1. The highest BCUT2D eigenvalue weighted by Gasteiger charge is 2.11. The number of ether oxygens (including phenoxy) is 1. The number of allylic oxidation sites excluding steroid dienone is 1. The third-order valence-corrected chi connectivity index (χ3v) is 1.68. The lowest BCUT2D eigenvalue weighted by Crippen LogP contribution is -2.19. The van der Waals surface area contributed by atoms with Gasteiger partial charge in [0.05, 0.1) is 11.5 Å². The summed E-state index contributed by atoms with van der Waals surface area (Å²) in [6.45, 7) is 1.90. The van der Waals surface area contributed by atoms with Crippen molar-refractivity contribution in [2.45, 2.75) is 24.8 Å². The largest absolute Gasteiger partial charge is 0.380 e. The first-order chi connectivity index (χ1) is 5.22. The van der Waals surface area contributed by atoms with Gasteiger partial charge in [-0.3, -0.25) is 0 Å².